The van der Waals surface area contributed by atoms with Gasteiger partial charge >= 0.3 is 5.76 Å². The molecule has 3 rings (SSSR count). The molecule has 0 N–H and O–H groups in total. The van der Waals surface area contributed by atoms with E-state index in [4.69, 9.17) is 9.15 Å². The van der Waals surface area contributed by atoms with Crippen LogP contribution in [0, 0.1) is 0 Å². The molecule has 0 atom stereocenters. The van der Waals surface area contributed by atoms with Crippen LogP contribution in [0.25, 0.3) is 11.1 Å². The Kier molecular flexibility index (Phi) is 2.86. The van der Waals surface area contributed by atoms with Crippen molar-refractivity contribution in [1.29, 1.82) is 0 Å². The van der Waals surface area contributed by atoms with Crippen LogP contribution in [0.15, 0.2) is 27.4 Å². The third-order valence-corrected chi connectivity index (χ3v) is 3.76. The lowest BCUT2D eigenvalue weighted by atomic mass is 9.95. The second kappa shape index (κ2) is 4.52. The molecule has 1 saturated carbocycles. The third-order valence-electron chi connectivity index (χ3n) is 3.76. The van der Waals surface area contributed by atoms with E-state index in [1.165, 1.54) is 19.3 Å². The summed E-state index contributed by atoms with van der Waals surface area (Å²) in [6.07, 6.45) is 5.77. The van der Waals surface area contributed by atoms with Crippen molar-refractivity contribution in [2.45, 2.75) is 38.1 Å². The number of methoxy groups -OCH3 is 1. The molecule has 1 aromatic carbocycles. The van der Waals surface area contributed by atoms with Crippen LogP contribution >= 0.6 is 0 Å². The number of aromatic nitrogens is 1. The van der Waals surface area contributed by atoms with Crippen LogP contribution in [-0.2, 0) is 0 Å². The minimum absolute atomic E-state index is 0.245. The van der Waals surface area contributed by atoms with Gasteiger partial charge in [0.05, 0.1) is 12.6 Å². The highest BCUT2D eigenvalue weighted by Gasteiger charge is 2.21. The van der Waals surface area contributed by atoms with Crippen LogP contribution in [0.3, 0.4) is 0 Å². The molecule has 2 aromatic rings. The molecule has 1 heterocycles. The van der Waals surface area contributed by atoms with E-state index in [1.54, 1.807) is 17.7 Å². The first kappa shape index (κ1) is 11.4. The average molecular weight is 247 g/mol. The maximum absolute atomic E-state index is 12.0. The number of ether oxygens (including phenoxy) is 1. The maximum atomic E-state index is 12.0. The fourth-order valence-electron chi connectivity index (χ4n) is 2.83. The van der Waals surface area contributed by atoms with Crippen molar-refractivity contribution in [2.24, 2.45) is 0 Å². The minimum atomic E-state index is -0.245. The molecule has 0 radical (unpaired) electrons. The third kappa shape index (κ3) is 1.82. The number of hydrogen-bond acceptors (Lipinski definition) is 3. The number of oxazole rings is 1. The lowest BCUT2D eigenvalue weighted by molar-refractivity contribution is 0.336. The van der Waals surface area contributed by atoms with Gasteiger partial charge in [-0.3, -0.25) is 4.57 Å². The van der Waals surface area contributed by atoms with Crippen molar-refractivity contribution < 1.29 is 9.15 Å². The molecule has 0 aliphatic heterocycles. The Morgan fingerprint density at radius 3 is 2.78 bits per heavy atom. The summed E-state index contributed by atoms with van der Waals surface area (Å²) in [6.45, 7) is 0. The van der Waals surface area contributed by atoms with E-state index < -0.39 is 0 Å². The summed E-state index contributed by atoms with van der Waals surface area (Å²) in [5, 5.41) is 0. The summed E-state index contributed by atoms with van der Waals surface area (Å²) < 4.78 is 12.3. The number of hydrogen-bond donors (Lipinski definition) is 0. The van der Waals surface area contributed by atoms with Crippen molar-refractivity contribution in [3.05, 3.63) is 28.7 Å². The van der Waals surface area contributed by atoms with Gasteiger partial charge < -0.3 is 9.15 Å². The van der Waals surface area contributed by atoms with Gasteiger partial charge in [0.1, 0.15) is 5.75 Å². The SMILES string of the molecule is COc1ccc2oc(=O)n(C3CCCCC3)c2c1. The lowest BCUT2D eigenvalue weighted by Crippen LogP contribution is -2.22. The second-order valence-electron chi connectivity index (χ2n) is 4.86. The summed E-state index contributed by atoms with van der Waals surface area (Å²) in [5.74, 6) is 0.512. The predicted octanol–water partition coefficient (Wildman–Crippen LogP) is 3.11. The molecule has 1 aliphatic rings. The summed E-state index contributed by atoms with van der Waals surface area (Å²) in [4.78, 5) is 12.0. The Morgan fingerprint density at radius 1 is 1.28 bits per heavy atom. The van der Waals surface area contributed by atoms with Crippen LogP contribution in [0.5, 0.6) is 5.75 Å². The summed E-state index contributed by atoms with van der Waals surface area (Å²) in [6, 6.07) is 5.78. The molecule has 0 amide bonds. The standard InChI is InChI=1S/C14H17NO3/c1-17-11-7-8-13-12(9-11)15(14(16)18-13)10-5-3-2-4-6-10/h7-10H,2-6H2,1H3. The van der Waals surface area contributed by atoms with Crippen LogP contribution < -0.4 is 10.5 Å². The monoisotopic (exact) mass is 247 g/mol. The number of benzene rings is 1. The Labute approximate surface area is 105 Å². The van der Waals surface area contributed by atoms with E-state index in [1.807, 2.05) is 12.1 Å². The molecule has 1 aliphatic carbocycles. The van der Waals surface area contributed by atoms with Crippen molar-refractivity contribution >= 4 is 11.1 Å². The van der Waals surface area contributed by atoms with Gasteiger partial charge in [-0.1, -0.05) is 19.3 Å². The van der Waals surface area contributed by atoms with Crippen molar-refractivity contribution in [3.8, 4) is 5.75 Å². The van der Waals surface area contributed by atoms with E-state index >= 15 is 0 Å². The lowest BCUT2D eigenvalue weighted by Gasteiger charge is -2.22. The molecular weight excluding hydrogens is 230 g/mol. The molecule has 0 saturated heterocycles. The molecular formula is C14H17NO3. The normalized spacial score (nSPS) is 17.2. The zero-order valence-corrected chi connectivity index (χ0v) is 10.5. The van der Waals surface area contributed by atoms with Gasteiger partial charge in [-0.05, 0) is 25.0 Å². The van der Waals surface area contributed by atoms with E-state index in [0.29, 0.717) is 5.58 Å². The van der Waals surface area contributed by atoms with Crippen LogP contribution in [0.1, 0.15) is 38.1 Å². The zero-order valence-electron chi connectivity index (χ0n) is 10.5. The molecule has 0 bridgehead atoms. The van der Waals surface area contributed by atoms with Gasteiger partial charge in [0.15, 0.2) is 5.58 Å². The molecule has 0 unspecified atom stereocenters. The first-order chi connectivity index (χ1) is 8.79. The summed E-state index contributed by atoms with van der Waals surface area (Å²) in [7, 11) is 1.63. The fraction of sp³-hybridized carbons (Fsp3) is 0.500. The van der Waals surface area contributed by atoms with Gasteiger partial charge in [-0.25, -0.2) is 4.79 Å². The number of rotatable bonds is 2. The van der Waals surface area contributed by atoms with Gasteiger partial charge in [0.2, 0.25) is 0 Å². The Morgan fingerprint density at radius 2 is 2.06 bits per heavy atom. The van der Waals surface area contributed by atoms with Crippen molar-refractivity contribution in [1.82, 2.24) is 4.57 Å². The summed E-state index contributed by atoms with van der Waals surface area (Å²) >= 11 is 0. The number of fused-ring (bicyclic) bond motifs is 1. The molecule has 4 nitrogen and oxygen atoms in total. The van der Waals surface area contributed by atoms with E-state index in [9.17, 15) is 4.79 Å². The highest BCUT2D eigenvalue weighted by atomic mass is 16.5. The molecule has 0 spiro atoms. The van der Waals surface area contributed by atoms with Crippen LogP contribution in [0.4, 0.5) is 0 Å². The predicted molar refractivity (Wildman–Crippen MR) is 69.1 cm³/mol. The highest BCUT2D eigenvalue weighted by Crippen LogP contribution is 2.31. The molecule has 18 heavy (non-hydrogen) atoms. The zero-order chi connectivity index (χ0) is 12.5. The minimum Gasteiger partial charge on any atom is -0.497 e. The first-order valence-corrected chi connectivity index (χ1v) is 6.48. The van der Waals surface area contributed by atoms with Gasteiger partial charge in [0.25, 0.3) is 0 Å². The summed E-state index contributed by atoms with van der Waals surface area (Å²) in [5.41, 5.74) is 1.50. The quantitative estimate of drug-likeness (QED) is 0.819. The average Bonchev–Trinajstić information content (AvgIpc) is 2.74. The van der Waals surface area contributed by atoms with Gasteiger partial charge in [-0.15, -0.1) is 0 Å². The van der Waals surface area contributed by atoms with Crippen LogP contribution in [0.2, 0.25) is 0 Å². The largest absolute Gasteiger partial charge is 0.497 e. The van der Waals surface area contributed by atoms with Crippen molar-refractivity contribution in [2.75, 3.05) is 7.11 Å². The smallest absolute Gasteiger partial charge is 0.420 e. The Balaban J connectivity index is 2.13. The highest BCUT2D eigenvalue weighted by molar-refractivity contribution is 5.75. The van der Waals surface area contributed by atoms with Crippen LogP contribution in [-0.4, -0.2) is 11.7 Å². The first-order valence-electron chi connectivity index (χ1n) is 6.48. The van der Waals surface area contributed by atoms with Crippen molar-refractivity contribution in [3.63, 3.8) is 0 Å². The number of nitrogens with zero attached hydrogens (tertiary/aromatic N) is 1. The second-order valence-corrected chi connectivity index (χ2v) is 4.86. The van der Waals surface area contributed by atoms with Gasteiger partial charge in [0, 0.05) is 12.1 Å². The fourth-order valence-corrected chi connectivity index (χ4v) is 2.83. The Hall–Kier alpha value is -1.71. The van der Waals surface area contributed by atoms with E-state index in [2.05, 4.69) is 0 Å². The topological polar surface area (TPSA) is 44.4 Å². The molecule has 1 aromatic heterocycles. The van der Waals surface area contributed by atoms with E-state index in [0.717, 1.165) is 24.1 Å². The molecule has 1 fully saturated rings. The molecule has 96 valence electrons. The van der Waals surface area contributed by atoms with Gasteiger partial charge in [-0.2, -0.15) is 0 Å². The maximum Gasteiger partial charge on any atom is 0.420 e. The molecule has 4 heteroatoms. The Bertz CT molecular complexity index is 605. The van der Waals surface area contributed by atoms with E-state index in [-0.39, 0.29) is 11.8 Å².